The Morgan fingerprint density at radius 2 is 1.84 bits per heavy atom. The first-order valence-corrected chi connectivity index (χ1v) is 8.11. The number of hydrogen-bond donors (Lipinski definition) is 2. The van der Waals surface area contributed by atoms with Crippen molar-refractivity contribution in [3.63, 3.8) is 0 Å². The molecule has 3 aromatic rings. The van der Waals surface area contributed by atoms with E-state index in [1.807, 2.05) is 28.8 Å². The molecule has 0 aliphatic heterocycles. The molecule has 7 nitrogen and oxygen atoms in total. The standard InChI is InChI=1S/C17H16ClN5O2/c18-13-6-2-1-5-12(13)17(25)20-11-16(24)19-9-8-15-22-21-14-7-3-4-10-23(14)15/h1-7,10H,8-9,11H2,(H,19,24)(H,20,25). The predicted molar refractivity (Wildman–Crippen MR) is 93.5 cm³/mol. The Morgan fingerprint density at radius 1 is 1.04 bits per heavy atom. The van der Waals surface area contributed by atoms with Crippen molar-refractivity contribution in [3.8, 4) is 0 Å². The van der Waals surface area contributed by atoms with E-state index in [2.05, 4.69) is 20.8 Å². The molecule has 128 valence electrons. The van der Waals surface area contributed by atoms with E-state index in [0.29, 0.717) is 23.6 Å². The van der Waals surface area contributed by atoms with Crippen LogP contribution in [0.1, 0.15) is 16.2 Å². The van der Waals surface area contributed by atoms with Crippen LogP contribution in [0.5, 0.6) is 0 Å². The van der Waals surface area contributed by atoms with Gasteiger partial charge >= 0.3 is 0 Å². The maximum absolute atomic E-state index is 12.0. The van der Waals surface area contributed by atoms with Crippen LogP contribution < -0.4 is 10.6 Å². The molecule has 0 fully saturated rings. The Balaban J connectivity index is 1.45. The van der Waals surface area contributed by atoms with E-state index in [1.165, 1.54) is 0 Å². The smallest absolute Gasteiger partial charge is 0.253 e. The highest BCUT2D eigenvalue weighted by atomic mass is 35.5. The van der Waals surface area contributed by atoms with Gasteiger partial charge in [-0.25, -0.2) is 0 Å². The minimum absolute atomic E-state index is 0.120. The van der Waals surface area contributed by atoms with Gasteiger partial charge in [-0.05, 0) is 24.3 Å². The van der Waals surface area contributed by atoms with Crippen LogP contribution in [0.4, 0.5) is 0 Å². The van der Waals surface area contributed by atoms with Gasteiger partial charge in [0.15, 0.2) is 5.65 Å². The minimum Gasteiger partial charge on any atom is -0.354 e. The Hall–Kier alpha value is -2.93. The Kier molecular flexibility index (Phi) is 5.25. The maximum atomic E-state index is 12.0. The van der Waals surface area contributed by atoms with Crippen LogP contribution >= 0.6 is 11.6 Å². The lowest BCUT2D eigenvalue weighted by molar-refractivity contribution is -0.120. The zero-order chi connectivity index (χ0) is 17.6. The van der Waals surface area contributed by atoms with E-state index in [-0.39, 0.29) is 18.4 Å². The number of benzene rings is 1. The van der Waals surface area contributed by atoms with Crippen LogP contribution in [0.25, 0.3) is 5.65 Å². The van der Waals surface area contributed by atoms with E-state index < -0.39 is 0 Å². The van der Waals surface area contributed by atoms with Gasteiger partial charge in [0.2, 0.25) is 5.91 Å². The molecular weight excluding hydrogens is 342 g/mol. The predicted octanol–water partition coefficient (Wildman–Crippen LogP) is 1.47. The van der Waals surface area contributed by atoms with Crippen LogP contribution in [0.15, 0.2) is 48.7 Å². The van der Waals surface area contributed by atoms with E-state index in [1.54, 1.807) is 24.3 Å². The SMILES string of the molecule is O=C(CNC(=O)c1ccccc1Cl)NCCc1nnc2ccccn12. The molecule has 0 saturated heterocycles. The number of fused-ring (bicyclic) bond motifs is 1. The van der Waals surface area contributed by atoms with Crippen LogP contribution in [-0.2, 0) is 11.2 Å². The van der Waals surface area contributed by atoms with E-state index in [4.69, 9.17) is 11.6 Å². The molecule has 0 unspecified atom stereocenters. The largest absolute Gasteiger partial charge is 0.354 e. The summed E-state index contributed by atoms with van der Waals surface area (Å²) in [6.45, 7) is 0.279. The summed E-state index contributed by atoms with van der Waals surface area (Å²) in [6, 6.07) is 12.3. The van der Waals surface area contributed by atoms with Crippen molar-refractivity contribution in [2.75, 3.05) is 13.1 Å². The second-order valence-electron chi connectivity index (χ2n) is 5.31. The summed E-state index contributed by atoms with van der Waals surface area (Å²) in [5.74, 6) is 0.0921. The number of amides is 2. The third-order valence-corrected chi connectivity index (χ3v) is 3.91. The molecule has 2 N–H and O–H groups in total. The fraction of sp³-hybridized carbons (Fsp3) is 0.176. The quantitative estimate of drug-likeness (QED) is 0.699. The molecule has 8 heteroatoms. The molecule has 0 aliphatic rings. The number of nitrogens with zero attached hydrogens (tertiary/aromatic N) is 3. The molecule has 0 spiro atoms. The molecule has 0 atom stereocenters. The van der Waals surface area contributed by atoms with Crippen molar-refractivity contribution >= 4 is 29.1 Å². The monoisotopic (exact) mass is 357 g/mol. The summed E-state index contributed by atoms with van der Waals surface area (Å²) in [4.78, 5) is 23.8. The summed E-state index contributed by atoms with van der Waals surface area (Å²) in [5.41, 5.74) is 1.10. The lowest BCUT2D eigenvalue weighted by atomic mass is 10.2. The van der Waals surface area contributed by atoms with Gasteiger partial charge in [0.05, 0.1) is 17.1 Å². The van der Waals surface area contributed by atoms with Gasteiger partial charge < -0.3 is 10.6 Å². The fourth-order valence-corrected chi connectivity index (χ4v) is 2.56. The van der Waals surface area contributed by atoms with Gasteiger partial charge in [-0.3, -0.25) is 14.0 Å². The summed E-state index contributed by atoms with van der Waals surface area (Å²) < 4.78 is 1.87. The van der Waals surface area contributed by atoms with Gasteiger partial charge in [-0.2, -0.15) is 0 Å². The van der Waals surface area contributed by atoms with Crippen molar-refractivity contribution in [1.29, 1.82) is 0 Å². The van der Waals surface area contributed by atoms with Gasteiger partial charge in [-0.15, -0.1) is 10.2 Å². The topological polar surface area (TPSA) is 88.4 Å². The zero-order valence-corrected chi connectivity index (χ0v) is 14.0. The van der Waals surface area contributed by atoms with Crippen LogP contribution in [0.2, 0.25) is 5.02 Å². The molecule has 0 bridgehead atoms. The van der Waals surface area contributed by atoms with Gasteiger partial charge in [0.25, 0.3) is 5.91 Å². The lowest BCUT2D eigenvalue weighted by Gasteiger charge is -2.07. The number of aromatic nitrogens is 3. The molecule has 2 amide bonds. The molecule has 2 aromatic heterocycles. The molecule has 3 rings (SSSR count). The molecule has 0 aliphatic carbocycles. The second-order valence-corrected chi connectivity index (χ2v) is 5.71. The van der Waals surface area contributed by atoms with Gasteiger partial charge in [-0.1, -0.05) is 29.8 Å². The summed E-state index contributed by atoms with van der Waals surface area (Å²) in [5, 5.41) is 13.8. The number of halogens is 1. The zero-order valence-electron chi connectivity index (χ0n) is 13.3. The van der Waals surface area contributed by atoms with Crippen molar-refractivity contribution in [1.82, 2.24) is 25.2 Å². The Morgan fingerprint density at radius 3 is 2.68 bits per heavy atom. The van der Waals surface area contributed by atoms with Crippen LogP contribution in [0.3, 0.4) is 0 Å². The van der Waals surface area contributed by atoms with Crippen molar-refractivity contribution in [3.05, 3.63) is 65.1 Å². The molecule has 1 aromatic carbocycles. The number of carbonyl (C=O) groups excluding carboxylic acids is 2. The number of rotatable bonds is 6. The number of carbonyl (C=O) groups is 2. The molecular formula is C17H16ClN5O2. The molecule has 2 heterocycles. The first-order chi connectivity index (χ1) is 12.1. The molecule has 25 heavy (non-hydrogen) atoms. The first-order valence-electron chi connectivity index (χ1n) is 7.73. The first kappa shape index (κ1) is 16.9. The highest BCUT2D eigenvalue weighted by Crippen LogP contribution is 2.14. The fourth-order valence-electron chi connectivity index (χ4n) is 2.34. The minimum atomic E-state index is -0.385. The molecule has 0 saturated carbocycles. The maximum Gasteiger partial charge on any atom is 0.253 e. The Bertz CT molecular complexity index is 909. The van der Waals surface area contributed by atoms with Crippen molar-refractivity contribution < 1.29 is 9.59 Å². The second kappa shape index (κ2) is 7.76. The number of pyridine rings is 1. The van der Waals surface area contributed by atoms with E-state index in [9.17, 15) is 9.59 Å². The van der Waals surface area contributed by atoms with Crippen LogP contribution in [0, 0.1) is 0 Å². The average Bonchev–Trinajstić information content (AvgIpc) is 3.03. The van der Waals surface area contributed by atoms with Crippen molar-refractivity contribution in [2.24, 2.45) is 0 Å². The summed E-state index contributed by atoms with van der Waals surface area (Å²) in [7, 11) is 0. The average molecular weight is 358 g/mol. The highest BCUT2D eigenvalue weighted by Gasteiger charge is 2.11. The lowest BCUT2D eigenvalue weighted by Crippen LogP contribution is -2.37. The normalized spacial score (nSPS) is 10.6. The van der Waals surface area contributed by atoms with E-state index >= 15 is 0 Å². The summed E-state index contributed by atoms with van der Waals surface area (Å²) in [6.07, 6.45) is 2.41. The molecule has 0 radical (unpaired) electrons. The third-order valence-electron chi connectivity index (χ3n) is 3.58. The Labute approximate surface area is 149 Å². The highest BCUT2D eigenvalue weighted by molar-refractivity contribution is 6.33. The number of nitrogens with one attached hydrogen (secondary N) is 2. The summed E-state index contributed by atoms with van der Waals surface area (Å²) >= 11 is 5.95. The van der Waals surface area contributed by atoms with Gasteiger partial charge in [0.1, 0.15) is 5.82 Å². The number of hydrogen-bond acceptors (Lipinski definition) is 4. The third kappa shape index (κ3) is 4.13. The van der Waals surface area contributed by atoms with Crippen LogP contribution in [-0.4, -0.2) is 39.5 Å². The van der Waals surface area contributed by atoms with Gasteiger partial charge in [0, 0.05) is 19.2 Å². The van der Waals surface area contributed by atoms with Crippen molar-refractivity contribution in [2.45, 2.75) is 6.42 Å². The van der Waals surface area contributed by atoms with E-state index in [0.717, 1.165) is 11.5 Å².